The molecule has 1 aromatic heterocycles. The third-order valence-electron chi connectivity index (χ3n) is 3.73. The van der Waals surface area contributed by atoms with Gasteiger partial charge in [-0.15, -0.1) is 0 Å². The highest BCUT2D eigenvalue weighted by molar-refractivity contribution is 5.48. The Kier molecular flexibility index (Phi) is 8.28. The number of anilines is 1. The van der Waals surface area contributed by atoms with Crippen LogP contribution in [-0.2, 0) is 12.8 Å². The minimum Gasteiger partial charge on any atom is -0.398 e. The van der Waals surface area contributed by atoms with Gasteiger partial charge < -0.3 is 5.73 Å². The van der Waals surface area contributed by atoms with Gasteiger partial charge in [0.1, 0.15) is 0 Å². The molecule has 2 nitrogen and oxygen atoms in total. The van der Waals surface area contributed by atoms with Gasteiger partial charge in [0.05, 0.1) is 0 Å². The van der Waals surface area contributed by atoms with Crippen LogP contribution in [0.4, 0.5) is 5.69 Å². The van der Waals surface area contributed by atoms with E-state index in [4.69, 9.17) is 5.73 Å². The molecule has 1 rings (SSSR count). The van der Waals surface area contributed by atoms with Crippen molar-refractivity contribution in [2.24, 2.45) is 0 Å². The van der Waals surface area contributed by atoms with Crippen LogP contribution in [0.25, 0.3) is 0 Å². The number of aryl methyl sites for hydroxylation is 1. The molecule has 19 heavy (non-hydrogen) atoms. The largest absolute Gasteiger partial charge is 0.398 e. The van der Waals surface area contributed by atoms with Gasteiger partial charge in [-0.2, -0.15) is 0 Å². The normalized spacial score (nSPS) is 10.8. The Morgan fingerprint density at radius 2 is 1.53 bits per heavy atom. The lowest BCUT2D eigenvalue weighted by Gasteiger charge is -2.11. The quantitative estimate of drug-likeness (QED) is 0.608. The van der Waals surface area contributed by atoms with Gasteiger partial charge in [-0.25, -0.2) is 0 Å². The Morgan fingerprint density at radius 3 is 2.16 bits per heavy atom. The highest BCUT2D eigenvalue weighted by Crippen LogP contribution is 2.20. The maximum absolute atomic E-state index is 6.13. The van der Waals surface area contributed by atoms with Crippen LogP contribution in [0.3, 0.4) is 0 Å². The Labute approximate surface area is 118 Å². The van der Waals surface area contributed by atoms with E-state index in [0.29, 0.717) is 0 Å². The van der Waals surface area contributed by atoms with Gasteiger partial charge in [0.25, 0.3) is 0 Å². The van der Waals surface area contributed by atoms with Crippen LogP contribution < -0.4 is 5.73 Å². The second-order valence-electron chi connectivity index (χ2n) is 5.45. The molecule has 0 spiro atoms. The van der Waals surface area contributed by atoms with E-state index in [1.807, 2.05) is 12.3 Å². The minimum absolute atomic E-state index is 0.942. The average Bonchev–Trinajstić information content (AvgIpc) is 2.42. The predicted molar refractivity (Wildman–Crippen MR) is 84.3 cm³/mol. The molecule has 108 valence electrons. The second kappa shape index (κ2) is 9.82. The Morgan fingerprint density at radius 1 is 0.895 bits per heavy atom. The molecular formula is C17H30N2. The van der Waals surface area contributed by atoms with Crippen LogP contribution in [0, 0.1) is 0 Å². The van der Waals surface area contributed by atoms with Crippen LogP contribution in [0.1, 0.15) is 76.5 Å². The zero-order valence-electron chi connectivity index (χ0n) is 12.8. The predicted octanol–water partition coefficient (Wildman–Crippen LogP) is 4.91. The first-order chi connectivity index (χ1) is 9.29. The lowest BCUT2D eigenvalue weighted by Crippen LogP contribution is -2.03. The highest BCUT2D eigenvalue weighted by Gasteiger charge is 2.07. The summed E-state index contributed by atoms with van der Waals surface area (Å²) in [6, 6.07) is 1.95. The standard InChI is InChI=1S/C17H30N2/c1-3-5-7-9-11-15-16(18)13-14-19-17(15)12-10-8-6-4-2/h13-14H,3-12H2,1-2H3,(H2,18,19). The van der Waals surface area contributed by atoms with Crippen molar-refractivity contribution >= 4 is 5.69 Å². The fraction of sp³-hybridized carbons (Fsp3) is 0.706. The van der Waals surface area contributed by atoms with Crippen LogP contribution in [0.5, 0.6) is 0 Å². The van der Waals surface area contributed by atoms with E-state index in [1.54, 1.807) is 0 Å². The number of nitrogens with two attached hydrogens (primary N) is 1. The maximum atomic E-state index is 6.13. The summed E-state index contributed by atoms with van der Waals surface area (Å²) in [6.45, 7) is 4.50. The number of hydrogen-bond acceptors (Lipinski definition) is 2. The van der Waals surface area contributed by atoms with E-state index < -0.39 is 0 Å². The van der Waals surface area contributed by atoms with Crippen molar-refractivity contribution < 1.29 is 0 Å². The average molecular weight is 262 g/mol. The van der Waals surface area contributed by atoms with Gasteiger partial charge in [-0.1, -0.05) is 52.4 Å². The van der Waals surface area contributed by atoms with E-state index in [0.717, 1.165) is 18.5 Å². The second-order valence-corrected chi connectivity index (χ2v) is 5.45. The van der Waals surface area contributed by atoms with Gasteiger partial charge in [-0.05, 0) is 37.3 Å². The van der Waals surface area contributed by atoms with E-state index in [-0.39, 0.29) is 0 Å². The number of pyridine rings is 1. The van der Waals surface area contributed by atoms with Crippen molar-refractivity contribution in [3.63, 3.8) is 0 Å². The van der Waals surface area contributed by atoms with Gasteiger partial charge in [0, 0.05) is 17.6 Å². The van der Waals surface area contributed by atoms with E-state index in [9.17, 15) is 0 Å². The molecule has 1 aromatic rings. The molecular weight excluding hydrogens is 232 g/mol. The molecule has 0 bridgehead atoms. The Hall–Kier alpha value is -1.05. The summed E-state index contributed by atoms with van der Waals surface area (Å²) < 4.78 is 0. The van der Waals surface area contributed by atoms with E-state index in [1.165, 1.54) is 62.6 Å². The Bertz CT molecular complexity index is 347. The molecule has 0 amide bonds. The third kappa shape index (κ3) is 6.09. The van der Waals surface area contributed by atoms with Gasteiger partial charge in [0.2, 0.25) is 0 Å². The van der Waals surface area contributed by atoms with Gasteiger partial charge in [-0.3, -0.25) is 4.98 Å². The first-order valence-corrected chi connectivity index (χ1v) is 8.01. The van der Waals surface area contributed by atoms with Crippen molar-refractivity contribution in [1.82, 2.24) is 4.98 Å². The maximum Gasteiger partial charge on any atom is 0.0456 e. The molecule has 0 aliphatic heterocycles. The summed E-state index contributed by atoms with van der Waals surface area (Å²) >= 11 is 0. The van der Waals surface area contributed by atoms with Crippen LogP contribution in [0.2, 0.25) is 0 Å². The summed E-state index contributed by atoms with van der Waals surface area (Å²) in [5, 5.41) is 0. The molecule has 0 unspecified atom stereocenters. The van der Waals surface area contributed by atoms with Crippen LogP contribution >= 0.6 is 0 Å². The zero-order valence-corrected chi connectivity index (χ0v) is 12.8. The van der Waals surface area contributed by atoms with Crippen molar-refractivity contribution in [2.75, 3.05) is 5.73 Å². The number of aromatic nitrogens is 1. The highest BCUT2D eigenvalue weighted by atomic mass is 14.7. The summed E-state index contributed by atoms with van der Waals surface area (Å²) in [5.74, 6) is 0. The third-order valence-corrected chi connectivity index (χ3v) is 3.73. The summed E-state index contributed by atoms with van der Waals surface area (Å²) in [5.41, 5.74) is 9.63. The molecule has 2 N–H and O–H groups in total. The molecule has 0 saturated carbocycles. The number of nitrogens with zero attached hydrogens (tertiary/aromatic N) is 1. The lowest BCUT2D eigenvalue weighted by atomic mass is 10.00. The molecule has 0 aromatic carbocycles. The fourth-order valence-electron chi connectivity index (χ4n) is 2.50. The van der Waals surface area contributed by atoms with Crippen molar-refractivity contribution in [3.05, 3.63) is 23.5 Å². The first-order valence-electron chi connectivity index (χ1n) is 8.01. The number of nitrogen functional groups attached to an aromatic ring is 1. The number of hydrogen-bond donors (Lipinski definition) is 1. The number of rotatable bonds is 10. The smallest absolute Gasteiger partial charge is 0.0456 e. The van der Waals surface area contributed by atoms with Crippen molar-refractivity contribution in [3.8, 4) is 0 Å². The number of unbranched alkanes of at least 4 members (excludes halogenated alkanes) is 6. The van der Waals surface area contributed by atoms with Crippen LogP contribution in [-0.4, -0.2) is 4.98 Å². The zero-order chi connectivity index (χ0) is 13.9. The SMILES string of the molecule is CCCCCCc1nccc(N)c1CCCCCC. The minimum atomic E-state index is 0.942. The Balaban J connectivity index is 2.51. The van der Waals surface area contributed by atoms with E-state index in [2.05, 4.69) is 18.8 Å². The van der Waals surface area contributed by atoms with Crippen LogP contribution in [0.15, 0.2) is 12.3 Å². The molecule has 1 heterocycles. The summed E-state index contributed by atoms with van der Waals surface area (Å²) in [7, 11) is 0. The fourth-order valence-corrected chi connectivity index (χ4v) is 2.50. The molecule has 0 fully saturated rings. The lowest BCUT2D eigenvalue weighted by molar-refractivity contribution is 0.644. The molecule has 0 aliphatic rings. The molecule has 0 aliphatic carbocycles. The molecule has 2 heteroatoms. The summed E-state index contributed by atoms with van der Waals surface area (Å²) in [4.78, 5) is 4.56. The monoisotopic (exact) mass is 262 g/mol. The van der Waals surface area contributed by atoms with Crippen molar-refractivity contribution in [2.45, 2.75) is 78.1 Å². The van der Waals surface area contributed by atoms with Gasteiger partial charge >= 0.3 is 0 Å². The molecule has 0 atom stereocenters. The molecule has 0 radical (unpaired) electrons. The van der Waals surface area contributed by atoms with Gasteiger partial charge in [0.15, 0.2) is 0 Å². The van der Waals surface area contributed by atoms with Crippen molar-refractivity contribution in [1.29, 1.82) is 0 Å². The van der Waals surface area contributed by atoms with E-state index >= 15 is 0 Å². The summed E-state index contributed by atoms with van der Waals surface area (Å²) in [6.07, 6.45) is 14.4. The first kappa shape index (κ1) is 16.0. The molecule has 0 saturated heterocycles. The topological polar surface area (TPSA) is 38.9 Å².